The van der Waals surface area contributed by atoms with E-state index in [1.807, 2.05) is 26.3 Å². The third kappa shape index (κ3) is 11.0. The zero-order chi connectivity index (χ0) is 20.9. The monoisotopic (exact) mass is 420 g/mol. The number of aliphatic imine (C=N–C) groups is 2. The molecule has 0 aliphatic carbocycles. The van der Waals surface area contributed by atoms with E-state index in [0.717, 1.165) is 49.9 Å². The fourth-order valence-corrected chi connectivity index (χ4v) is 6.67. The topological polar surface area (TPSA) is 43.2 Å². The summed E-state index contributed by atoms with van der Waals surface area (Å²) in [5.41, 5.74) is 2.27. The van der Waals surface area contributed by atoms with Crippen LogP contribution in [0.1, 0.15) is 37.8 Å². The summed E-state index contributed by atoms with van der Waals surface area (Å²) in [5, 5.41) is 0. The molecule has 0 N–H and O–H groups in total. The second-order valence-electron chi connectivity index (χ2n) is 8.47. The molecular weight excluding hydrogens is 380 g/mol. The van der Waals surface area contributed by atoms with Gasteiger partial charge in [0, 0.05) is 57.9 Å². The van der Waals surface area contributed by atoms with Crippen molar-refractivity contribution in [2.75, 3.05) is 26.3 Å². The molecule has 1 aromatic carbocycles. The molecular formula is C22H40N2O2Si2. The van der Waals surface area contributed by atoms with Crippen molar-refractivity contribution in [2.24, 2.45) is 9.98 Å². The summed E-state index contributed by atoms with van der Waals surface area (Å²) < 4.78 is 11.8. The largest absolute Gasteiger partial charge is 0.395 e. The van der Waals surface area contributed by atoms with E-state index in [1.54, 1.807) is 0 Å². The molecule has 0 heterocycles. The van der Waals surface area contributed by atoms with Gasteiger partial charge in [0.1, 0.15) is 0 Å². The summed E-state index contributed by atoms with van der Waals surface area (Å²) in [6.07, 6.45) is 6.15. The highest BCUT2D eigenvalue weighted by atomic mass is 28.4. The Morgan fingerprint density at radius 2 is 1.25 bits per heavy atom. The van der Waals surface area contributed by atoms with Crippen LogP contribution < -0.4 is 0 Å². The van der Waals surface area contributed by atoms with Gasteiger partial charge >= 0.3 is 8.56 Å². The van der Waals surface area contributed by atoms with Gasteiger partial charge in [0.15, 0.2) is 0 Å². The van der Waals surface area contributed by atoms with Crippen molar-refractivity contribution in [3.63, 3.8) is 0 Å². The first-order valence-electron chi connectivity index (χ1n) is 10.7. The Kier molecular flexibility index (Phi) is 11.8. The Morgan fingerprint density at radius 3 is 1.68 bits per heavy atom. The van der Waals surface area contributed by atoms with Crippen LogP contribution in [0.2, 0.25) is 38.3 Å². The smallest absolute Gasteiger partial charge is 0.334 e. The van der Waals surface area contributed by atoms with Crippen LogP contribution in [0.15, 0.2) is 34.3 Å². The van der Waals surface area contributed by atoms with Gasteiger partial charge in [-0.1, -0.05) is 50.0 Å². The zero-order valence-corrected chi connectivity index (χ0v) is 20.8. The normalized spacial score (nSPS) is 13.1. The van der Waals surface area contributed by atoms with E-state index in [4.69, 9.17) is 8.85 Å². The Bertz CT molecular complexity index is 607. The van der Waals surface area contributed by atoms with Crippen molar-refractivity contribution in [3.05, 3.63) is 35.4 Å². The molecule has 0 aromatic heterocycles. The SMILES string of the molecule is CCO[Si](C)(CCCN=Cc1ccccc1C=NCCC[Si](C)(C)C)OCC. The first kappa shape index (κ1) is 25.0. The summed E-state index contributed by atoms with van der Waals surface area (Å²) >= 11 is 0. The molecule has 1 aromatic rings. The fourth-order valence-electron chi connectivity index (χ4n) is 3.06. The Balaban J connectivity index is 2.51. The number of benzene rings is 1. The van der Waals surface area contributed by atoms with Crippen LogP contribution in [0.3, 0.4) is 0 Å². The number of hydrogen-bond donors (Lipinski definition) is 0. The van der Waals surface area contributed by atoms with Gasteiger partial charge < -0.3 is 8.85 Å². The van der Waals surface area contributed by atoms with Gasteiger partial charge in [-0.05, 0) is 39.3 Å². The standard InChI is InChI=1S/C22H40N2O2Si2/c1-7-25-28(6,26-8-2)18-12-16-24-20-22-14-10-9-13-21(22)19-23-15-11-17-27(3,4)5/h9-10,13-14,19-20H,7-8,11-12,15-18H2,1-6H3. The predicted octanol–water partition coefficient (Wildman–Crippen LogP) is 5.79. The molecule has 1 rings (SSSR count). The lowest BCUT2D eigenvalue weighted by Gasteiger charge is -2.25. The van der Waals surface area contributed by atoms with E-state index >= 15 is 0 Å². The Morgan fingerprint density at radius 1 is 0.786 bits per heavy atom. The van der Waals surface area contributed by atoms with Crippen molar-refractivity contribution >= 4 is 29.1 Å². The predicted molar refractivity (Wildman–Crippen MR) is 128 cm³/mol. The van der Waals surface area contributed by atoms with E-state index in [0.29, 0.717) is 0 Å². The zero-order valence-electron chi connectivity index (χ0n) is 18.8. The summed E-state index contributed by atoms with van der Waals surface area (Å²) in [4.78, 5) is 9.26. The highest BCUT2D eigenvalue weighted by Crippen LogP contribution is 2.16. The van der Waals surface area contributed by atoms with Crippen LogP contribution >= 0.6 is 0 Å². The minimum Gasteiger partial charge on any atom is -0.395 e. The average molecular weight is 421 g/mol. The van der Waals surface area contributed by atoms with E-state index in [2.05, 4.69) is 60.4 Å². The van der Waals surface area contributed by atoms with E-state index in [9.17, 15) is 0 Å². The van der Waals surface area contributed by atoms with Crippen LogP contribution in [0.25, 0.3) is 0 Å². The van der Waals surface area contributed by atoms with Crippen LogP contribution in [0, 0.1) is 0 Å². The average Bonchev–Trinajstić information content (AvgIpc) is 2.61. The van der Waals surface area contributed by atoms with E-state index in [1.165, 1.54) is 12.5 Å². The second-order valence-corrected chi connectivity index (χ2v) is 17.4. The molecule has 0 radical (unpaired) electrons. The third-order valence-corrected chi connectivity index (χ3v) is 9.40. The van der Waals surface area contributed by atoms with E-state index < -0.39 is 16.6 Å². The molecule has 0 aliphatic rings. The molecule has 0 saturated heterocycles. The maximum Gasteiger partial charge on any atom is 0.334 e. The van der Waals surface area contributed by atoms with Gasteiger partial charge in [-0.15, -0.1) is 0 Å². The molecule has 0 unspecified atom stereocenters. The molecule has 0 amide bonds. The molecule has 0 atom stereocenters. The highest BCUT2D eigenvalue weighted by Gasteiger charge is 2.29. The van der Waals surface area contributed by atoms with Gasteiger partial charge in [0.25, 0.3) is 0 Å². The van der Waals surface area contributed by atoms with Crippen molar-refractivity contribution in [1.82, 2.24) is 0 Å². The van der Waals surface area contributed by atoms with Crippen LogP contribution in [0.4, 0.5) is 0 Å². The summed E-state index contributed by atoms with van der Waals surface area (Å²) in [6.45, 7) is 16.6. The Hall–Kier alpha value is -1.09. The molecule has 0 spiro atoms. The molecule has 6 heteroatoms. The third-order valence-electron chi connectivity index (χ3n) is 4.49. The summed E-state index contributed by atoms with van der Waals surface area (Å²) in [6, 6.07) is 10.6. The van der Waals surface area contributed by atoms with Crippen molar-refractivity contribution in [2.45, 2.75) is 65.0 Å². The molecule has 0 saturated carbocycles. The molecule has 4 nitrogen and oxygen atoms in total. The van der Waals surface area contributed by atoms with Gasteiger partial charge in [0.2, 0.25) is 0 Å². The maximum absolute atomic E-state index is 5.89. The minimum absolute atomic E-state index is 0.719. The first-order chi connectivity index (χ1) is 13.3. The lowest BCUT2D eigenvalue weighted by atomic mass is 10.1. The van der Waals surface area contributed by atoms with Crippen molar-refractivity contribution in [1.29, 1.82) is 0 Å². The quantitative estimate of drug-likeness (QED) is 0.217. The fraction of sp³-hybridized carbons (Fsp3) is 0.636. The van der Waals surface area contributed by atoms with Gasteiger partial charge in [-0.2, -0.15) is 0 Å². The summed E-state index contributed by atoms with van der Waals surface area (Å²) in [7, 11) is -2.98. The van der Waals surface area contributed by atoms with Crippen LogP contribution in [-0.2, 0) is 8.85 Å². The molecule has 0 bridgehead atoms. The lowest BCUT2D eigenvalue weighted by Crippen LogP contribution is -2.38. The number of hydrogen-bond acceptors (Lipinski definition) is 4. The van der Waals surface area contributed by atoms with Gasteiger partial charge in [-0.3, -0.25) is 9.98 Å². The van der Waals surface area contributed by atoms with Crippen LogP contribution in [0.5, 0.6) is 0 Å². The van der Waals surface area contributed by atoms with E-state index in [-0.39, 0.29) is 0 Å². The number of rotatable bonds is 14. The molecule has 0 fully saturated rings. The molecule has 28 heavy (non-hydrogen) atoms. The van der Waals surface area contributed by atoms with Crippen molar-refractivity contribution in [3.8, 4) is 0 Å². The Labute approximate surface area is 174 Å². The van der Waals surface area contributed by atoms with Gasteiger partial charge in [-0.25, -0.2) is 0 Å². The molecule has 158 valence electrons. The van der Waals surface area contributed by atoms with Crippen molar-refractivity contribution < 1.29 is 8.85 Å². The van der Waals surface area contributed by atoms with Crippen LogP contribution in [-0.4, -0.2) is 55.4 Å². The lowest BCUT2D eigenvalue weighted by molar-refractivity contribution is 0.188. The maximum atomic E-state index is 5.89. The highest BCUT2D eigenvalue weighted by molar-refractivity contribution is 6.76. The molecule has 0 aliphatic heterocycles. The first-order valence-corrected chi connectivity index (χ1v) is 16.9. The minimum atomic E-state index is -2.02. The summed E-state index contributed by atoms with van der Waals surface area (Å²) in [5.74, 6) is 0. The second kappa shape index (κ2) is 13.2. The van der Waals surface area contributed by atoms with Gasteiger partial charge in [0.05, 0.1) is 0 Å². The number of nitrogens with zero attached hydrogens (tertiary/aromatic N) is 2.